The Kier molecular flexibility index (Phi) is 3.53. The van der Waals surface area contributed by atoms with E-state index in [0.717, 1.165) is 31.8 Å². The quantitative estimate of drug-likeness (QED) is 0.746. The fourth-order valence-electron chi connectivity index (χ4n) is 2.80. The number of hydrogen-bond acceptors (Lipinski definition) is 2. The van der Waals surface area contributed by atoms with Crippen molar-refractivity contribution in [1.29, 1.82) is 0 Å². The number of amides is 1. The van der Waals surface area contributed by atoms with Crippen molar-refractivity contribution in [2.45, 2.75) is 52.0 Å². The molecule has 1 unspecified atom stereocenters. The fraction of sp³-hybridized carbons (Fsp3) is 0.923. The van der Waals surface area contributed by atoms with Gasteiger partial charge in [0.2, 0.25) is 5.91 Å². The molecule has 0 radical (unpaired) electrons. The van der Waals surface area contributed by atoms with Gasteiger partial charge in [-0.05, 0) is 50.0 Å². The van der Waals surface area contributed by atoms with E-state index < -0.39 is 0 Å². The SMILES string of the molecule is CC(C)CC1(CNC(=O)C2CCCN2)CC1. The second-order valence-electron chi connectivity index (χ2n) is 5.96. The third kappa shape index (κ3) is 2.97. The molecule has 0 bridgehead atoms. The molecule has 2 fully saturated rings. The van der Waals surface area contributed by atoms with Crippen LogP contribution in [-0.2, 0) is 4.79 Å². The minimum Gasteiger partial charge on any atom is -0.354 e. The van der Waals surface area contributed by atoms with Crippen molar-refractivity contribution in [1.82, 2.24) is 10.6 Å². The maximum atomic E-state index is 11.8. The van der Waals surface area contributed by atoms with E-state index in [9.17, 15) is 4.79 Å². The average Bonchev–Trinajstić information content (AvgIpc) is 2.80. The molecule has 92 valence electrons. The zero-order valence-corrected chi connectivity index (χ0v) is 10.5. The van der Waals surface area contributed by atoms with Crippen molar-refractivity contribution >= 4 is 5.91 Å². The van der Waals surface area contributed by atoms with Crippen LogP contribution in [-0.4, -0.2) is 25.0 Å². The molecule has 1 heterocycles. The summed E-state index contributed by atoms with van der Waals surface area (Å²) in [5, 5.41) is 6.37. The number of carbonyl (C=O) groups excluding carboxylic acids is 1. The molecule has 1 atom stereocenters. The van der Waals surface area contributed by atoms with Crippen LogP contribution in [0.3, 0.4) is 0 Å². The minimum atomic E-state index is 0.0786. The monoisotopic (exact) mass is 224 g/mol. The van der Waals surface area contributed by atoms with Gasteiger partial charge in [-0.1, -0.05) is 13.8 Å². The molecule has 2 aliphatic rings. The lowest BCUT2D eigenvalue weighted by molar-refractivity contribution is -0.123. The first-order chi connectivity index (χ1) is 7.61. The standard InChI is InChI=1S/C13H24N2O/c1-10(2)8-13(5-6-13)9-15-12(16)11-4-3-7-14-11/h10-11,14H,3-9H2,1-2H3,(H,15,16). The predicted molar refractivity (Wildman–Crippen MR) is 65.2 cm³/mol. The van der Waals surface area contributed by atoms with Crippen molar-refractivity contribution < 1.29 is 4.79 Å². The van der Waals surface area contributed by atoms with Crippen LogP contribution >= 0.6 is 0 Å². The Morgan fingerprint density at radius 1 is 1.50 bits per heavy atom. The van der Waals surface area contributed by atoms with Crippen molar-refractivity contribution in [2.24, 2.45) is 11.3 Å². The van der Waals surface area contributed by atoms with Gasteiger partial charge in [0.05, 0.1) is 6.04 Å². The van der Waals surface area contributed by atoms with Gasteiger partial charge in [-0.15, -0.1) is 0 Å². The maximum Gasteiger partial charge on any atom is 0.237 e. The van der Waals surface area contributed by atoms with E-state index in [-0.39, 0.29) is 11.9 Å². The Hall–Kier alpha value is -0.570. The highest BCUT2D eigenvalue weighted by molar-refractivity contribution is 5.82. The molecular weight excluding hydrogens is 200 g/mol. The predicted octanol–water partition coefficient (Wildman–Crippen LogP) is 1.68. The summed E-state index contributed by atoms with van der Waals surface area (Å²) in [4.78, 5) is 11.8. The zero-order chi connectivity index (χ0) is 11.6. The summed E-state index contributed by atoms with van der Waals surface area (Å²) in [5.41, 5.74) is 0.447. The summed E-state index contributed by atoms with van der Waals surface area (Å²) >= 11 is 0. The van der Waals surface area contributed by atoms with Gasteiger partial charge in [0.1, 0.15) is 0 Å². The van der Waals surface area contributed by atoms with Gasteiger partial charge in [-0.3, -0.25) is 4.79 Å². The third-order valence-corrected chi connectivity index (χ3v) is 3.81. The molecule has 0 aromatic heterocycles. The molecule has 0 aromatic rings. The van der Waals surface area contributed by atoms with E-state index in [0.29, 0.717) is 5.41 Å². The summed E-state index contributed by atoms with van der Waals surface area (Å²) < 4.78 is 0. The van der Waals surface area contributed by atoms with Gasteiger partial charge in [-0.2, -0.15) is 0 Å². The van der Waals surface area contributed by atoms with Gasteiger partial charge in [0, 0.05) is 6.54 Å². The first-order valence-electron chi connectivity index (χ1n) is 6.62. The van der Waals surface area contributed by atoms with Crippen molar-refractivity contribution in [3.8, 4) is 0 Å². The Labute approximate surface area is 98.4 Å². The molecule has 16 heavy (non-hydrogen) atoms. The molecule has 1 saturated heterocycles. The number of hydrogen-bond donors (Lipinski definition) is 2. The van der Waals surface area contributed by atoms with Gasteiger partial charge in [0.25, 0.3) is 0 Å². The second kappa shape index (κ2) is 4.74. The Bertz CT molecular complexity index is 253. The number of nitrogens with one attached hydrogen (secondary N) is 2. The molecule has 3 nitrogen and oxygen atoms in total. The van der Waals surface area contributed by atoms with E-state index >= 15 is 0 Å². The summed E-state index contributed by atoms with van der Waals surface area (Å²) in [6.07, 6.45) is 5.98. The van der Waals surface area contributed by atoms with Crippen LogP contribution in [0.1, 0.15) is 46.0 Å². The van der Waals surface area contributed by atoms with Crippen LogP contribution < -0.4 is 10.6 Å². The van der Waals surface area contributed by atoms with E-state index in [1.165, 1.54) is 19.3 Å². The van der Waals surface area contributed by atoms with Crippen LogP contribution in [0.5, 0.6) is 0 Å². The molecule has 1 amide bonds. The fourth-order valence-corrected chi connectivity index (χ4v) is 2.80. The summed E-state index contributed by atoms with van der Waals surface area (Å²) in [6.45, 7) is 6.41. The van der Waals surface area contributed by atoms with Gasteiger partial charge < -0.3 is 10.6 Å². The summed E-state index contributed by atoms with van der Waals surface area (Å²) in [6, 6.07) is 0.0786. The van der Waals surface area contributed by atoms with Crippen LogP contribution in [0.2, 0.25) is 0 Å². The molecule has 2 rings (SSSR count). The molecular formula is C13H24N2O. The largest absolute Gasteiger partial charge is 0.354 e. The average molecular weight is 224 g/mol. The molecule has 1 aliphatic carbocycles. The van der Waals surface area contributed by atoms with Gasteiger partial charge >= 0.3 is 0 Å². The van der Waals surface area contributed by atoms with Crippen molar-refractivity contribution in [3.63, 3.8) is 0 Å². The highest BCUT2D eigenvalue weighted by atomic mass is 16.2. The zero-order valence-electron chi connectivity index (χ0n) is 10.5. The van der Waals surface area contributed by atoms with Crippen LogP contribution in [0.15, 0.2) is 0 Å². The van der Waals surface area contributed by atoms with Gasteiger partial charge in [-0.25, -0.2) is 0 Å². The minimum absolute atomic E-state index is 0.0786. The Morgan fingerprint density at radius 3 is 2.75 bits per heavy atom. The Morgan fingerprint density at radius 2 is 2.25 bits per heavy atom. The van der Waals surface area contributed by atoms with E-state index in [4.69, 9.17) is 0 Å². The third-order valence-electron chi connectivity index (χ3n) is 3.81. The van der Waals surface area contributed by atoms with Crippen LogP contribution in [0.4, 0.5) is 0 Å². The maximum absolute atomic E-state index is 11.8. The van der Waals surface area contributed by atoms with Crippen LogP contribution in [0, 0.1) is 11.3 Å². The lowest BCUT2D eigenvalue weighted by Gasteiger charge is -2.19. The topological polar surface area (TPSA) is 41.1 Å². The lowest BCUT2D eigenvalue weighted by atomic mass is 9.94. The highest BCUT2D eigenvalue weighted by Gasteiger charge is 2.43. The first-order valence-corrected chi connectivity index (χ1v) is 6.62. The van der Waals surface area contributed by atoms with E-state index in [1.54, 1.807) is 0 Å². The molecule has 1 aliphatic heterocycles. The van der Waals surface area contributed by atoms with Gasteiger partial charge in [0.15, 0.2) is 0 Å². The van der Waals surface area contributed by atoms with E-state index in [1.807, 2.05) is 0 Å². The molecule has 2 N–H and O–H groups in total. The molecule has 0 aromatic carbocycles. The number of carbonyl (C=O) groups is 1. The van der Waals surface area contributed by atoms with Crippen molar-refractivity contribution in [3.05, 3.63) is 0 Å². The second-order valence-corrected chi connectivity index (χ2v) is 5.96. The Balaban J connectivity index is 1.72. The lowest BCUT2D eigenvalue weighted by Crippen LogP contribution is -2.42. The summed E-state index contributed by atoms with van der Waals surface area (Å²) in [5.74, 6) is 0.955. The number of rotatable bonds is 5. The first kappa shape index (κ1) is 11.9. The highest BCUT2D eigenvalue weighted by Crippen LogP contribution is 2.49. The molecule has 1 saturated carbocycles. The normalized spacial score (nSPS) is 27.1. The molecule has 0 spiro atoms. The van der Waals surface area contributed by atoms with E-state index in [2.05, 4.69) is 24.5 Å². The smallest absolute Gasteiger partial charge is 0.237 e. The van der Waals surface area contributed by atoms with Crippen LogP contribution in [0.25, 0.3) is 0 Å². The van der Waals surface area contributed by atoms with Crippen molar-refractivity contribution in [2.75, 3.05) is 13.1 Å². The molecule has 3 heteroatoms. The summed E-state index contributed by atoms with van der Waals surface area (Å²) in [7, 11) is 0.